The Hall–Kier alpha value is -1.74. The van der Waals surface area contributed by atoms with Crippen molar-refractivity contribution in [3.63, 3.8) is 0 Å². The van der Waals surface area contributed by atoms with Crippen molar-refractivity contribution in [3.8, 4) is 11.1 Å². The molecular formula is C14H9ClF2O. The maximum atomic E-state index is 13.2. The molecular weight excluding hydrogens is 258 g/mol. The van der Waals surface area contributed by atoms with Gasteiger partial charge >= 0.3 is 0 Å². The van der Waals surface area contributed by atoms with Crippen LogP contribution >= 0.6 is 11.6 Å². The molecule has 0 unspecified atom stereocenters. The molecule has 0 aliphatic heterocycles. The van der Waals surface area contributed by atoms with E-state index in [1.165, 1.54) is 13.0 Å². The summed E-state index contributed by atoms with van der Waals surface area (Å²) in [6.45, 7) is 1.43. The second-order valence-electron chi connectivity index (χ2n) is 3.88. The smallest absolute Gasteiger partial charge is 0.159 e. The van der Waals surface area contributed by atoms with Gasteiger partial charge in [-0.3, -0.25) is 4.79 Å². The van der Waals surface area contributed by atoms with Gasteiger partial charge in [0.1, 0.15) is 0 Å². The Morgan fingerprint density at radius 3 is 2.39 bits per heavy atom. The molecule has 0 bridgehead atoms. The topological polar surface area (TPSA) is 17.1 Å². The Morgan fingerprint density at radius 2 is 1.78 bits per heavy atom. The minimum absolute atomic E-state index is 0.115. The van der Waals surface area contributed by atoms with E-state index >= 15 is 0 Å². The fraction of sp³-hybridized carbons (Fsp3) is 0.0714. The van der Waals surface area contributed by atoms with Crippen LogP contribution in [-0.4, -0.2) is 5.78 Å². The number of ketones is 1. The Kier molecular flexibility index (Phi) is 3.43. The predicted molar refractivity (Wildman–Crippen MR) is 66.8 cm³/mol. The van der Waals surface area contributed by atoms with Crippen LogP contribution in [0.25, 0.3) is 11.1 Å². The van der Waals surface area contributed by atoms with Crippen LogP contribution in [0, 0.1) is 11.6 Å². The molecule has 2 rings (SSSR count). The van der Waals surface area contributed by atoms with Crippen molar-refractivity contribution < 1.29 is 13.6 Å². The molecule has 1 nitrogen and oxygen atoms in total. The van der Waals surface area contributed by atoms with E-state index in [1.807, 2.05) is 0 Å². The van der Waals surface area contributed by atoms with Gasteiger partial charge in [0, 0.05) is 16.1 Å². The third kappa shape index (κ3) is 2.41. The minimum Gasteiger partial charge on any atom is -0.295 e. The molecule has 0 N–H and O–H groups in total. The first-order valence-corrected chi connectivity index (χ1v) is 5.63. The molecule has 0 amide bonds. The van der Waals surface area contributed by atoms with E-state index in [-0.39, 0.29) is 5.78 Å². The van der Waals surface area contributed by atoms with Crippen LogP contribution in [0.3, 0.4) is 0 Å². The Bertz CT molecular complexity index is 623. The molecule has 0 saturated heterocycles. The molecule has 0 atom stereocenters. The average molecular weight is 267 g/mol. The first kappa shape index (κ1) is 12.7. The van der Waals surface area contributed by atoms with Gasteiger partial charge < -0.3 is 0 Å². The van der Waals surface area contributed by atoms with Crippen LogP contribution < -0.4 is 0 Å². The van der Waals surface area contributed by atoms with Crippen molar-refractivity contribution in [1.82, 2.24) is 0 Å². The van der Waals surface area contributed by atoms with Crippen LogP contribution in [0.15, 0.2) is 36.4 Å². The first-order valence-electron chi connectivity index (χ1n) is 5.25. The third-order valence-corrected chi connectivity index (χ3v) is 2.93. The van der Waals surface area contributed by atoms with Crippen LogP contribution in [0.5, 0.6) is 0 Å². The molecule has 0 heterocycles. The highest BCUT2D eigenvalue weighted by atomic mass is 35.5. The molecule has 2 aromatic carbocycles. The van der Waals surface area contributed by atoms with Crippen LogP contribution in [0.4, 0.5) is 8.78 Å². The highest BCUT2D eigenvalue weighted by molar-refractivity contribution is 6.33. The fourth-order valence-corrected chi connectivity index (χ4v) is 1.86. The van der Waals surface area contributed by atoms with Crippen molar-refractivity contribution in [2.45, 2.75) is 6.92 Å². The second kappa shape index (κ2) is 4.86. The van der Waals surface area contributed by atoms with Crippen molar-refractivity contribution in [3.05, 3.63) is 58.6 Å². The number of hydrogen-bond donors (Lipinski definition) is 0. The molecule has 0 aliphatic rings. The maximum Gasteiger partial charge on any atom is 0.159 e. The molecule has 92 valence electrons. The highest BCUT2D eigenvalue weighted by Crippen LogP contribution is 2.30. The summed E-state index contributed by atoms with van der Waals surface area (Å²) in [6, 6.07) is 8.23. The number of Topliss-reactive ketones (excluding diaryl/α,β-unsaturated/α-hetero) is 1. The van der Waals surface area contributed by atoms with Gasteiger partial charge in [-0.05, 0) is 42.8 Å². The fourth-order valence-electron chi connectivity index (χ4n) is 1.63. The lowest BCUT2D eigenvalue weighted by atomic mass is 10.0. The second-order valence-corrected chi connectivity index (χ2v) is 4.29. The summed E-state index contributed by atoms with van der Waals surface area (Å²) >= 11 is 6.00. The normalized spacial score (nSPS) is 10.4. The number of carbonyl (C=O) groups is 1. The molecule has 4 heteroatoms. The van der Waals surface area contributed by atoms with Gasteiger partial charge in [-0.25, -0.2) is 8.78 Å². The van der Waals surface area contributed by atoms with Crippen molar-refractivity contribution in [2.24, 2.45) is 0 Å². The zero-order valence-corrected chi connectivity index (χ0v) is 10.3. The van der Waals surface area contributed by atoms with E-state index in [9.17, 15) is 13.6 Å². The van der Waals surface area contributed by atoms with E-state index in [0.29, 0.717) is 21.7 Å². The molecule has 0 saturated carbocycles. The van der Waals surface area contributed by atoms with Gasteiger partial charge in [-0.15, -0.1) is 0 Å². The van der Waals surface area contributed by atoms with Crippen LogP contribution in [0.2, 0.25) is 5.02 Å². The summed E-state index contributed by atoms with van der Waals surface area (Å²) < 4.78 is 26.0. The van der Waals surface area contributed by atoms with Gasteiger partial charge in [0.25, 0.3) is 0 Å². The summed E-state index contributed by atoms with van der Waals surface area (Å²) in [6.07, 6.45) is 0. The van der Waals surface area contributed by atoms with Crippen molar-refractivity contribution in [1.29, 1.82) is 0 Å². The van der Waals surface area contributed by atoms with Gasteiger partial charge in [-0.1, -0.05) is 17.7 Å². The Labute approximate surface area is 108 Å². The molecule has 0 radical (unpaired) electrons. The summed E-state index contributed by atoms with van der Waals surface area (Å²) in [7, 11) is 0. The maximum absolute atomic E-state index is 13.2. The van der Waals surface area contributed by atoms with Crippen LogP contribution in [0.1, 0.15) is 17.3 Å². The SMILES string of the molecule is CC(=O)c1ccc(Cl)c(-c2ccc(F)c(F)c2)c1. The van der Waals surface area contributed by atoms with E-state index < -0.39 is 11.6 Å². The zero-order valence-electron chi connectivity index (χ0n) is 9.51. The third-order valence-electron chi connectivity index (χ3n) is 2.60. The largest absolute Gasteiger partial charge is 0.295 e. The number of halogens is 3. The lowest BCUT2D eigenvalue weighted by Gasteiger charge is -2.07. The summed E-state index contributed by atoms with van der Waals surface area (Å²) in [5, 5.41) is 0.381. The van der Waals surface area contributed by atoms with Gasteiger partial charge in [0.05, 0.1) is 0 Å². The molecule has 0 aromatic heterocycles. The lowest BCUT2D eigenvalue weighted by molar-refractivity contribution is 0.101. The van der Waals surface area contributed by atoms with Crippen molar-refractivity contribution >= 4 is 17.4 Å². The Balaban J connectivity index is 2.58. The predicted octanol–water partition coefficient (Wildman–Crippen LogP) is 4.49. The highest BCUT2D eigenvalue weighted by Gasteiger charge is 2.10. The summed E-state index contributed by atoms with van der Waals surface area (Å²) in [4.78, 5) is 11.3. The van der Waals surface area contributed by atoms with Crippen LogP contribution in [-0.2, 0) is 0 Å². The monoisotopic (exact) mass is 266 g/mol. The molecule has 2 aromatic rings. The quantitative estimate of drug-likeness (QED) is 0.732. The number of carbonyl (C=O) groups excluding carboxylic acids is 1. The van der Waals surface area contributed by atoms with E-state index in [0.717, 1.165) is 12.1 Å². The average Bonchev–Trinajstić information content (AvgIpc) is 2.33. The number of rotatable bonds is 2. The zero-order chi connectivity index (χ0) is 13.3. The van der Waals surface area contributed by atoms with E-state index in [1.54, 1.807) is 18.2 Å². The molecule has 0 aliphatic carbocycles. The Morgan fingerprint density at radius 1 is 1.06 bits per heavy atom. The number of benzene rings is 2. The van der Waals surface area contributed by atoms with Gasteiger partial charge in [-0.2, -0.15) is 0 Å². The standard InChI is InChI=1S/C14H9ClF2O/c1-8(18)9-2-4-12(15)11(6-9)10-3-5-13(16)14(17)7-10/h2-7H,1H3. The molecule has 18 heavy (non-hydrogen) atoms. The van der Waals surface area contributed by atoms with E-state index in [4.69, 9.17) is 11.6 Å². The minimum atomic E-state index is -0.947. The molecule has 0 spiro atoms. The summed E-state index contributed by atoms with van der Waals surface area (Å²) in [5.41, 5.74) is 1.41. The lowest BCUT2D eigenvalue weighted by Crippen LogP contribution is -1.93. The molecule has 0 fully saturated rings. The summed E-state index contributed by atoms with van der Waals surface area (Å²) in [5.74, 6) is -1.98. The van der Waals surface area contributed by atoms with E-state index in [2.05, 4.69) is 0 Å². The van der Waals surface area contributed by atoms with Crippen molar-refractivity contribution in [2.75, 3.05) is 0 Å². The number of hydrogen-bond acceptors (Lipinski definition) is 1. The first-order chi connectivity index (χ1) is 8.49. The van der Waals surface area contributed by atoms with Gasteiger partial charge in [0.15, 0.2) is 17.4 Å². The van der Waals surface area contributed by atoms with Gasteiger partial charge in [0.2, 0.25) is 0 Å².